The van der Waals surface area contributed by atoms with Gasteiger partial charge in [-0.05, 0) is 30.3 Å². The maximum absolute atomic E-state index is 13.4. The molecule has 10 heteroatoms. The van der Waals surface area contributed by atoms with Gasteiger partial charge >= 0.3 is 0 Å². The molecule has 1 amide bonds. The second-order valence-corrected chi connectivity index (χ2v) is 7.80. The maximum Gasteiger partial charge on any atom is 0.245 e. The highest BCUT2D eigenvalue weighted by molar-refractivity contribution is 7.92. The molecule has 0 unspecified atom stereocenters. The summed E-state index contributed by atoms with van der Waals surface area (Å²) in [4.78, 5) is 12.4. The van der Waals surface area contributed by atoms with Gasteiger partial charge < -0.3 is 14.8 Å². The predicted octanol–water partition coefficient (Wildman–Crippen LogP) is 2.90. The molecule has 0 heterocycles. The third-order valence-electron chi connectivity index (χ3n) is 3.56. The summed E-state index contributed by atoms with van der Waals surface area (Å²) in [5.74, 6) is -0.469. The van der Waals surface area contributed by atoms with Crippen molar-refractivity contribution in [3.63, 3.8) is 0 Å². The molecule has 2 rings (SSSR count). The molecule has 2 aromatic carbocycles. The lowest BCUT2D eigenvalue weighted by Crippen LogP contribution is -2.37. The van der Waals surface area contributed by atoms with Crippen LogP contribution in [0.1, 0.15) is 0 Å². The van der Waals surface area contributed by atoms with Crippen LogP contribution in [0, 0.1) is 5.82 Å². The van der Waals surface area contributed by atoms with E-state index in [4.69, 9.17) is 21.1 Å². The molecule has 0 aliphatic heterocycles. The number of anilines is 2. The number of sulfonamides is 1. The molecule has 0 bridgehead atoms. The van der Waals surface area contributed by atoms with Crippen molar-refractivity contribution in [2.75, 3.05) is 36.6 Å². The first kappa shape index (κ1) is 20.8. The average molecular weight is 417 g/mol. The molecule has 0 aliphatic rings. The van der Waals surface area contributed by atoms with E-state index in [0.717, 1.165) is 22.7 Å². The Morgan fingerprint density at radius 1 is 1.19 bits per heavy atom. The van der Waals surface area contributed by atoms with E-state index in [0.29, 0.717) is 17.2 Å². The van der Waals surface area contributed by atoms with Crippen LogP contribution in [0.2, 0.25) is 5.02 Å². The van der Waals surface area contributed by atoms with Crippen molar-refractivity contribution in [2.45, 2.75) is 0 Å². The normalized spacial score (nSPS) is 11.0. The van der Waals surface area contributed by atoms with Crippen LogP contribution in [0.5, 0.6) is 11.5 Å². The van der Waals surface area contributed by atoms with Gasteiger partial charge in [0.15, 0.2) is 0 Å². The molecule has 2 aromatic rings. The summed E-state index contributed by atoms with van der Waals surface area (Å²) >= 11 is 5.72. The van der Waals surface area contributed by atoms with E-state index in [9.17, 15) is 17.6 Å². The van der Waals surface area contributed by atoms with E-state index in [-0.39, 0.29) is 10.7 Å². The van der Waals surface area contributed by atoms with Crippen molar-refractivity contribution in [3.8, 4) is 11.5 Å². The number of benzene rings is 2. The Balaban J connectivity index is 2.28. The van der Waals surface area contributed by atoms with Crippen LogP contribution in [0.4, 0.5) is 15.8 Å². The number of carbonyl (C=O) groups is 1. The molecule has 0 saturated heterocycles. The standard InChI is InChI=1S/C17H18ClFN2O5S/c1-25-12-5-7-16(26-2)15(9-12)20-17(22)10-21(27(3,23)24)11-4-6-14(19)13(18)8-11/h4-9H,10H2,1-3H3,(H,20,22). The molecule has 1 N–H and O–H groups in total. The molecule has 27 heavy (non-hydrogen) atoms. The van der Waals surface area contributed by atoms with Crippen molar-refractivity contribution in [3.05, 3.63) is 47.2 Å². The van der Waals surface area contributed by atoms with Crippen molar-refractivity contribution < 1.29 is 27.1 Å². The van der Waals surface area contributed by atoms with Crippen LogP contribution in [0.25, 0.3) is 0 Å². The van der Waals surface area contributed by atoms with Crippen LogP contribution in [-0.2, 0) is 14.8 Å². The van der Waals surface area contributed by atoms with Gasteiger partial charge in [-0.3, -0.25) is 9.10 Å². The first-order chi connectivity index (χ1) is 12.7. The van der Waals surface area contributed by atoms with E-state index in [1.54, 1.807) is 12.1 Å². The van der Waals surface area contributed by atoms with E-state index < -0.39 is 28.3 Å². The zero-order chi connectivity index (χ0) is 20.2. The van der Waals surface area contributed by atoms with E-state index in [1.807, 2.05) is 0 Å². The van der Waals surface area contributed by atoms with Gasteiger partial charge in [0, 0.05) is 6.07 Å². The van der Waals surface area contributed by atoms with Crippen LogP contribution < -0.4 is 19.1 Å². The number of carbonyl (C=O) groups excluding carboxylic acids is 1. The average Bonchev–Trinajstić information content (AvgIpc) is 2.61. The van der Waals surface area contributed by atoms with E-state index in [2.05, 4.69) is 5.32 Å². The monoisotopic (exact) mass is 416 g/mol. The topological polar surface area (TPSA) is 84.9 Å². The Kier molecular flexibility index (Phi) is 6.50. The summed E-state index contributed by atoms with van der Waals surface area (Å²) in [6, 6.07) is 8.18. The molecule has 0 radical (unpaired) electrons. The Hall–Kier alpha value is -2.52. The second kappa shape index (κ2) is 8.45. The Bertz CT molecular complexity index is 952. The zero-order valence-corrected chi connectivity index (χ0v) is 16.4. The molecule has 0 spiro atoms. The quantitative estimate of drug-likeness (QED) is 0.750. The third-order valence-corrected chi connectivity index (χ3v) is 4.99. The summed E-state index contributed by atoms with van der Waals surface area (Å²) in [6.45, 7) is -0.541. The van der Waals surface area contributed by atoms with Crippen LogP contribution in [-0.4, -0.2) is 41.3 Å². The van der Waals surface area contributed by atoms with Gasteiger partial charge in [0.2, 0.25) is 15.9 Å². The number of halogens is 2. The number of hydrogen-bond donors (Lipinski definition) is 1. The number of amides is 1. The highest BCUT2D eigenvalue weighted by Gasteiger charge is 2.22. The lowest BCUT2D eigenvalue weighted by Gasteiger charge is -2.22. The Morgan fingerprint density at radius 2 is 1.89 bits per heavy atom. The van der Waals surface area contributed by atoms with Gasteiger partial charge in [-0.1, -0.05) is 11.6 Å². The van der Waals surface area contributed by atoms with Crippen molar-refractivity contribution in [2.24, 2.45) is 0 Å². The van der Waals surface area contributed by atoms with Crippen LogP contribution in [0.15, 0.2) is 36.4 Å². The Labute approximate surface area is 161 Å². The largest absolute Gasteiger partial charge is 0.497 e. The summed E-state index contributed by atoms with van der Waals surface area (Å²) in [5, 5.41) is 2.32. The van der Waals surface area contributed by atoms with Gasteiger partial charge in [0.25, 0.3) is 0 Å². The number of rotatable bonds is 7. The first-order valence-electron chi connectivity index (χ1n) is 7.60. The third kappa shape index (κ3) is 5.24. The van der Waals surface area contributed by atoms with Gasteiger partial charge in [-0.2, -0.15) is 0 Å². The van der Waals surface area contributed by atoms with E-state index in [1.165, 1.54) is 26.4 Å². The minimum Gasteiger partial charge on any atom is -0.497 e. The number of nitrogens with zero attached hydrogens (tertiary/aromatic N) is 1. The molecule has 0 saturated carbocycles. The van der Waals surface area contributed by atoms with Crippen LogP contribution in [0.3, 0.4) is 0 Å². The predicted molar refractivity (Wildman–Crippen MR) is 102 cm³/mol. The summed E-state index contributed by atoms with van der Waals surface area (Å²) in [6.07, 6.45) is 0.934. The molecular formula is C17H18ClFN2O5S. The number of hydrogen-bond acceptors (Lipinski definition) is 5. The van der Waals surface area contributed by atoms with Crippen LogP contribution >= 0.6 is 11.6 Å². The van der Waals surface area contributed by atoms with Gasteiger partial charge in [-0.25, -0.2) is 12.8 Å². The van der Waals surface area contributed by atoms with Crippen molar-refractivity contribution in [1.29, 1.82) is 0 Å². The fourth-order valence-electron chi connectivity index (χ4n) is 2.27. The van der Waals surface area contributed by atoms with Gasteiger partial charge in [0.05, 0.1) is 36.9 Å². The number of ether oxygens (including phenoxy) is 2. The van der Waals surface area contributed by atoms with Gasteiger partial charge in [0.1, 0.15) is 23.9 Å². The molecule has 0 aliphatic carbocycles. The first-order valence-corrected chi connectivity index (χ1v) is 9.83. The molecule has 146 valence electrons. The minimum absolute atomic E-state index is 0.0663. The fraction of sp³-hybridized carbons (Fsp3) is 0.235. The Morgan fingerprint density at radius 3 is 2.44 bits per heavy atom. The molecule has 0 atom stereocenters. The highest BCUT2D eigenvalue weighted by Crippen LogP contribution is 2.29. The smallest absolute Gasteiger partial charge is 0.245 e. The maximum atomic E-state index is 13.4. The molecule has 0 fully saturated rings. The summed E-state index contributed by atoms with van der Waals surface area (Å²) in [5.41, 5.74) is 0.379. The zero-order valence-electron chi connectivity index (χ0n) is 14.8. The molecular weight excluding hydrogens is 399 g/mol. The number of methoxy groups -OCH3 is 2. The number of nitrogens with one attached hydrogen (secondary N) is 1. The summed E-state index contributed by atoms with van der Waals surface area (Å²) in [7, 11) is -0.927. The second-order valence-electron chi connectivity index (χ2n) is 5.48. The van der Waals surface area contributed by atoms with Crippen molar-refractivity contribution in [1.82, 2.24) is 0 Å². The molecule has 0 aromatic heterocycles. The lowest BCUT2D eigenvalue weighted by atomic mass is 10.2. The SMILES string of the molecule is COc1ccc(OC)c(NC(=O)CN(c2ccc(F)c(Cl)c2)S(C)(=O)=O)c1. The molecule has 7 nitrogen and oxygen atoms in total. The fourth-order valence-corrected chi connectivity index (χ4v) is 3.30. The van der Waals surface area contributed by atoms with E-state index >= 15 is 0 Å². The minimum atomic E-state index is -3.83. The van der Waals surface area contributed by atoms with Gasteiger partial charge in [-0.15, -0.1) is 0 Å². The van der Waals surface area contributed by atoms with Crippen molar-refractivity contribution >= 4 is 38.9 Å². The highest BCUT2D eigenvalue weighted by atomic mass is 35.5. The lowest BCUT2D eigenvalue weighted by molar-refractivity contribution is -0.114. The summed E-state index contributed by atoms with van der Waals surface area (Å²) < 4.78 is 48.7.